The Labute approximate surface area is 69.2 Å². The van der Waals surface area contributed by atoms with Crippen LogP contribution in [-0.4, -0.2) is 22.8 Å². The molecular formula is C7H10N2O3. The number of hydrogen-bond donors (Lipinski definition) is 2. The summed E-state index contributed by atoms with van der Waals surface area (Å²) in [5.41, 5.74) is 5.57. The van der Waals surface area contributed by atoms with Gasteiger partial charge in [0.15, 0.2) is 0 Å². The minimum absolute atomic E-state index is 0.0583. The molecule has 0 bridgehead atoms. The molecule has 0 aliphatic carbocycles. The van der Waals surface area contributed by atoms with Crippen LogP contribution in [0.2, 0.25) is 0 Å². The Morgan fingerprint density at radius 1 is 1.75 bits per heavy atom. The maximum absolute atomic E-state index is 10.5. The van der Waals surface area contributed by atoms with Crippen molar-refractivity contribution in [3.63, 3.8) is 0 Å². The average molecular weight is 170 g/mol. The molecule has 1 aromatic rings. The van der Waals surface area contributed by atoms with Crippen molar-refractivity contribution in [2.45, 2.75) is 12.8 Å². The molecule has 0 saturated heterocycles. The van der Waals surface area contributed by atoms with E-state index in [9.17, 15) is 4.79 Å². The van der Waals surface area contributed by atoms with Crippen LogP contribution in [0.25, 0.3) is 0 Å². The lowest BCUT2D eigenvalue weighted by atomic mass is 10.2. The zero-order chi connectivity index (χ0) is 8.97. The standard InChI is InChI=1S/C7H10N2O3/c8-7(11)6-4-5(9-12-6)2-1-3-10/h4,10H,1-3H2,(H2,8,11). The van der Waals surface area contributed by atoms with Crippen molar-refractivity contribution < 1.29 is 14.4 Å². The Hall–Kier alpha value is -1.36. The van der Waals surface area contributed by atoms with E-state index in [1.54, 1.807) is 0 Å². The van der Waals surface area contributed by atoms with Crippen molar-refractivity contribution in [3.05, 3.63) is 17.5 Å². The molecule has 3 N–H and O–H groups in total. The number of carbonyl (C=O) groups is 1. The fraction of sp³-hybridized carbons (Fsp3) is 0.429. The smallest absolute Gasteiger partial charge is 0.287 e. The molecule has 0 unspecified atom stereocenters. The highest BCUT2D eigenvalue weighted by atomic mass is 16.5. The van der Waals surface area contributed by atoms with Crippen molar-refractivity contribution in [2.75, 3.05) is 6.61 Å². The van der Waals surface area contributed by atoms with Gasteiger partial charge in [0.25, 0.3) is 5.91 Å². The summed E-state index contributed by atoms with van der Waals surface area (Å²) >= 11 is 0. The Bertz CT molecular complexity index is 269. The highest BCUT2D eigenvalue weighted by Crippen LogP contribution is 2.04. The number of aliphatic hydroxyl groups is 1. The molecule has 1 aromatic heterocycles. The fourth-order valence-electron chi connectivity index (χ4n) is 0.806. The van der Waals surface area contributed by atoms with E-state index in [1.807, 2.05) is 0 Å². The van der Waals surface area contributed by atoms with Gasteiger partial charge in [-0.1, -0.05) is 5.16 Å². The number of carbonyl (C=O) groups excluding carboxylic acids is 1. The van der Waals surface area contributed by atoms with Crippen LogP contribution in [-0.2, 0) is 6.42 Å². The summed E-state index contributed by atoms with van der Waals surface area (Å²) in [5, 5.41) is 12.1. The van der Waals surface area contributed by atoms with Crippen molar-refractivity contribution in [1.29, 1.82) is 0 Å². The summed E-state index contributed by atoms with van der Waals surface area (Å²) in [5.74, 6) is -0.569. The summed E-state index contributed by atoms with van der Waals surface area (Å²) in [4.78, 5) is 10.5. The number of aliphatic hydroxyl groups excluding tert-OH is 1. The van der Waals surface area contributed by atoms with Gasteiger partial charge in [-0.3, -0.25) is 4.79 Å². The van der Waals surface area contributed by atoms with Gasteiger partial charge in [-0.25, -0.2) is 0 Å². The highest BCUT2D eigenvalue weighted by molar-refractivity contribution is 5.89. The van der Waals surface area contributed by atoms with E-state index >= 15 is 0 Å². The zero-order valence-corrected chi connectivity index (χ0v) is 6.49. The van der Waals surface area contributed by atoms with E-state index in [2.05, 4.69) is 9.68 Å². The predicted octanol–water partition coefficient (Wildman–Crippen LogP) is -0.302. The summed E-state index contributed by atoms with van der Waals surface area (Å²) in [6.07, 6.45) is 1.19. The molecular weight excluding hydrogens is 160 g/mol. The summed E-state index contributed by atoms with van der Waals surface area (Å²) in [6, 6.07) is 1.48. The largest absolute Gasteiger partial charge is 0.396 e. The number of aromatic nitrogens is 1. The van der Waals surface area contributed by atoms with Gasteiger partial charge in [0, 0.05) is 12.7 Å². The van der Waals surface area contributed by atoms with Crippen LogP contribution in [0.5, 0.6) is 0 Å². The number of nitrogens with zero attached hydrogens (tertiary/aromatic N) is 1. The van der Waals surface area contributed by atoms with E-state index in [1.165, 1.54) is 6.07 Å². The molecule has 0 aliphatic rings. The van der Waals surface area contributed by atoms with Crippen molar-refractivity contribution in [3.8, 4) is 0 Å². The lowest BCUT2D eigenvalue weighted by molar-refractivity contribution is 0.0965. The van der Waals surface area contributed by atoms with Crippen LogP contribution in [0, 0.1) is 0 Å². The van der Waals surface area contributed by atoms with Gasteiger partial charge >= 0.3 is 0 Å². The molecule has 1 heterocycles. The third kappa shape index (κ3) is 2.06. The number of nitrogens with two attached hydrogens (primary N) is 1. The van der Waals surface area contributed by atoms with E-state index in [-0.39, 0.29) is 12.4 Å². The van der Waals surface area contributed by atoms with Crippen molar-refractivity contribution in [1.82, 2.24) is 5.16 Å². The van der Waals surface area contributed by atoms with Crippen LogP contribution in [0.1, 0.15) is 22.7 Å². The highest BCUT2D eigenvalue weighted by Gasteiger charge is 2.07. The van der Waals surface area contributed by atoms with Gasteiger partial charge in [-0.15, -0.1) is 0 Å². The zero-order valence-electron chi connectivity index (χ0n) is 6.49. The molecule has 66 valence electrons. The maximum Gasteiger partial charge on any atom is 0.287 e. The first kappa shape index (κ1) is 8.73. The van der Waals surface area contributed by atoms with Gasteiger partial charge in [-0.2, -0.15) is 0 Å². The Morgan fingerprint density at radius 2 is 2.50 bits per heavy atom. The molecule has 0 radical (unpaired) electrons. The normalized spacial score (nSPS) is 10.1. The third-order valence-corrected chi connectivity index (χ3v) is 1.39. The molecule has 0 aliphatic heterocycles. The number of aryl methyl sites for hydroxylation is 1. The van der Waals surface area contributed by atoms with Crippen LogP contribution in [0.4, 0.5) is 0 Å². The van der Waals surface area contributed by atoms with E-state index in [0.717, 1.165) is 0 Å². The molecule has 1 rings (SSSR count). The minimum atomic E-state index is -0.627. The molecule has 0 saturated carbocycles. The number of primary amides is 1. The number of rotatable bonds is 4. The van der Waals surface area contributed by atoms with Crippen LogP contribution < -0.4 is 5.73 Å². The van der Waals surface area contributed by atoms with Crippen LogP contribution in [0.15, 0.2) is 10.6 Å². The van der Waals surface area contributed by atoms with Crippen LogP contribution >= 0.6 is 0 Å². The van der Waals surface area contributed by atoms with E-state index < -0.39 is 5.91 Å². The number of hydrogen-bond acceptors (Lipinski definition) is 4. The molecule has 12 heavy (non-hydrogen) atoms. The van der Waals surface area contributed by atoms with Gasteiger partial charge in [0.05, 0.1) is 5.69 Å². The molecule has 0 spiro atoms. The third-order valence-electron chi connectivity index (χ3n) is 1.39. The van der Waals surface area contributed by atoms with Gasteiger partial charge in [-0.05, 0) is 12.8 Å². The fourth-order valence-corrected chi connectivity index (χ4v) is 0.806. The first-order valence-corrected chi connectivity index (χ1v) is 3.60. The Balaban J connectivity index is 2.58. The van der Waals surface area contributed by atoms with Gasteiger partial charge in [0.2, 0.25) is 5.76 Å². The second-order valence-corrected chi connectivity index (χ2v) is 2.37. The molecule has 5 heteroatoms. The lowest BCUT2D eigenvalue weighted by Gasteiger charge is -1.87. The Morgan fingerprint density at radius 3 is 3.00 bits per heavy atom. The Kier molecular flexibility index (Phi) is 2.82. The summed E-state index contributed by atoms with van der Waals surface area (Å²) in [6.45, 7) is 0.0960. The second kappa shape index (κ2) is 3.87. The molecule has 0 aromatic carbocycles. The molecule has 1 amide bonds. The van der Waals surface area contributed by atoms with Gasteiger partial charge in [0.1, 0.15) is 0 Å². The van der Waals surface area contributed by atoms with E-state index in [4.69, 9.17) is 10.8 Å². The van der Waals surface area contributed by atoms with Gasteiger partial charge < -0.3 is 15.4 Å². The molecule has 5 nitrogen and oxygen atoms in total. The quantitative estimate of drug-likeness (QED) is 0.649. The predicted molar refractivity (Wildman–Crippen MR) is 40.4 cm³/mol. The SMILES string of the molecule is NC(=O)c1cc(CCCO)no1. The first-order valence-electron chi connectivity index (χ1n) is 3.60. The first-order chi connectivity index (χ1) is 5.74. The summed E-state index contributed by atoms with van der Waals surface area (Å²) in [7, 11) is 0. The molecule has 0 fully saturated rings. The number of amides is 1. The average Bonchev–Trinajstić information content (AvgIpc) is 2.48. The van der Waals surface area contributed by atoms with Crippen molar-refractivity contribution >= 4 is 5.91 Å². The van der Waals surface area contributed by atoms with Crippen LogP contribution in [0.3, 0.4) is 0 Å². The maximum atomic E-state index is 10.5. The second-order valence-electron chi connectivity index (χ2n) is 2.37. The summed E-state index contributed by atoms with van der Waals surface area (Å²) < 4.78 is 4.62. The minimum Gasteiger partial charge on any atom is -0.396 e. The topological polar surface area (TPSA) is 89.4 Å². The lowest BCUT2D eigenvalue weighted by Crippen LogP contribution is -2.09. The molecule has 0 atom stereocenters. The van der Waals surface area contributed by atoms with Crippen molar-refractivity contribution in [2.24, 2.45) is 5.73 Å². The van der Waals surface area contributed by atoms with E-state index in [0.29, 0.717) is 18.5 Å². The monoisotopic (exact) mass is 170 g/mol.